The fourth-order valence-corrected chi connectivity index (χ4v) is 3.40. The predicted molar refractivity (Wildman–Crippen MR) is 99.3 cm³/mol. The highest BCUT2D eigenvalue weighted by Crippen LogP contribution is 2.19. The third-order valence-electron chi connectivity index (χ3n) is 4.80. The molecule has 0 spiro atoms. The van der Waals surface area contributed by atoms with E-state index in [2.05, 4.69) is 24.0 Å². The molecular weight excluding hydrogens is 296 g/mol. The molecular formula is C21H26N2O. The van der Waals surface area contributed by atoms with Crippen molar-refractivity contribution in [2.75, 3.05) is 25.0 Å². The lowest BCUT2D eigenvalue weighted by molar-refractivity contribution is 0.0993. The first-order chi connectivity index (χ1) is 11.6. The van der Waals surface area contributed by atoms with Crippen LogP contribution in [0.1, 0.15) is 35.7 Å². The molecule has 24 heavy (non-hydrogen) atoms. The molecule has 1 heterocycles. The predicted octanol–water partition coefficient (Wildman–Crippen LogP) is 4.20. The molecule has 0 aromatic heterocycles. The van der Waals surface area contributed by atoms with Crippen LogP contribution >= 0.6 is 0 Å². The number of benzene rings is 2. The molecule has 126 valence electrons. The summed E-state index contributed by atoms with van der Waals surface area (Å²) in [6, 6.07) is 17.8. The Morgan fingerprint density at radius 1 is 1.12 bits per heavy atom. The molecule has 3 heteroatoms. The number of carbonyl (C=O) groups is 1. The van der Waals surface area contributed by atoms with Gasteiger partial charge in [-0.05, 0) is 55.1 Å². The topological polar surface area (TPSA) is 23.6 Å². The second-order valence-electron chi connectivity index (χ2n) is 6.88. The summed E-state index contributed by atoms with van der Waals surface area (Å²) in [6.07, 6.45) is 2.63. The number of piperidine rings is 1. The summed E-state index contributed by atoms with van der Waals surface area (Å²) < 4.78 is 0. The van der Waals surface area contributed by atoms with E-state index in [1.807, 2.05) is 49.5 Å². The summed E-state index contributed by atoms with van der Waals surface area (Å²) in [5, 5.41) is 0. The SMILES string of the molecule is C[C@H]1CCCN(Cc2ccc(C(=O)N(C)c3ccccc3)cc2)C1. The number of para-hydroxylation sites is 1. The van der Waals surface area contributed by atoms with Gasteiger partial charge in [-0.15, -0.1) is 0 Å². The number of anilines is 1. The summed E-state index contributed by atoms with van der Waals surface area (Å²) in [6.45, 7) is 5.67. The molecule has 3 rings (SSSR count). The maximum Gasteiger partial charge on any atom is 0.258 e. The van der Waals surface area contributed by atoms with E-state index in [0.717, 1.165) is 23.7 Å². The van der Waals surface area contributed by atoms with Crippen LogP contribution in [0, 0.1) is 5.92 Å². The minimum atomic E-state index is 0.0272. The number of likely N-dealkylation sites (tertiary alicyclic amines) is 1. The second-order valence-corrected chi connectivity index (χ2v) is 6.88. The zero-order valence-corrected chi connectivity index (χ0v) is 14.6. The van der Waals surface area contributed by atoms with Crippen molar-refractivity contribution in [3.63, 3.8) is 0 Å². The van der Waals surface area contributed by atoms with Crippen LogP contribution in [0.2, 0.25) is 0 Å². The summed E-state index contributed by atoms with van der Waals surface area (Å²) in [5.74, 6) is 0.818. The van der Waals surface area contributed by atoms with Gasteiger partial charge < -0.3 is 4.90 Å². The van der Waals surface area contributed by atoms with E-state index < -0.39 is 0 Å². The fraction of sp³-hybridized carbons (Fsp3) is 0.381. The van der Waals surface area contributed by atoms with E-state index in [4.69, 9.17) is 0 Å². The van der Waals surface area contributed by atoms with Crippen LogP contribution in [0.25, 0.3) is 0 Å². The lowest BCUT2D eigenvalue weighted by Crippen LogP contribution is -2.33. The van der Waals surface area contributed by atoms with Gasteiger partial charge in [0.25, 0.3) is 5.91 Å². The Bertz CT molecular complexity index is 666. The van der Waals surface area contributed by atoms with Gasteiger partial charge in [0.05, 0.1) is 0 Å². The Labute approximate surface area is 144 Å². The van der Waals surface area contributed by atoms with Gasteiger partial charge >= 0.3 is 0 Å². The molecule has 1 aliphatic rings. The molecule has 1 atom stereocenters. The highest BCUT2D eigenvalue weighted by atomic mass is 16.2. The monoisotopic (exact) mass is 322 g/mol. The maximum atomic E-state index is 12.6. The van der Waals surface area contributed by atoms with Crippen LogP contribution in [0.3, 0.4) is 0 Å². The molecule has 0 saturated carbocycles. The summed E-state index contributed by atoms with van der Waals surface area (Å²) in [5.41, 5.74) is 2.93. The van der Waals surface area contributed by atoms with E-state index in [9.17, 15) is 4.79 Å². The smallest absolute Gasteiger partial charge is 0.258 e. The minimum absolute atomic E-state index is 0.0272. The fourth-order valence-electron chi connectivity index (χ4n) is 3.40. The number of rotatable bonds is 4. The molecule has 0 unspecified atom stereocenters. The Morgan fingerprint density at radius 3 is 2.50 bits per heavy atom. The molecule has 0 N–H and O–H groups in total. The van der Waals surface area contributed by atoms with Gasteiger partial charge in [0.15, 0.2) is 0 Å². The normalized spacial score (nSPS) is 18.3. The van der Waals surface area contributed by atoms with Crippen LogP contribution in [0.5, 0.6) is 0 Å². The lowest BCUT2D eigenvalue weighted by atomic mass is 9.99. The highest BCUT2D eigenvalue weighted by molar-refractivity contribution is 6.05. The maximum absolute atomic E-state index is 12.6. The molecule has 1 saturated heterocycles. The molecule has 0 bridgehead atoms. The first-order valence-electron chi connectivity index (χ1n) is 8.78. The molecule has 2 aromatic carbocycles. The van der Waals surface area contributed by atoms with E-state index >= 15 is 0 Å². The third-order valence-corrected chi connectivity index (χ3v) is 4.80. The molecule has 1 aliphatic heterocycles. The summed E-state index contributed by atoms with van der Waals surface area (Å²) >= 11 is 0. The summed E-state index contributed by atoms with van der Waals surface area (Å²) in [4.78, 5) is 16.8. The van der Waals surface area contributed by atoms with Crippen molar-refractivity contribution in [1.29, 1.82) is 0 Å². The van der Waals surface area contributed by atoms with Gasteiger partial charge in [-0.1, -0.05) is 37.3 Å². The van der Waals surface area contributed by atoms with Gasteiger partial charge in [-0.2, -0.15) is 0 Å². The average Bonchev–Trinajstić information content (AvgIpc) is 2.62. The van der Waals surface area contributed by atoms with Gasteiger partial charge in [0.2, 0.25) is 0 Å². The number of amides is 1. The molecule has 0 aliphatic carbocycles. The average molecular weight is 322 g/mol. The van der Waals surface area contributed by atoms with Crippen LogP contribution in [0.4, 0.5) is 5.69 Å². The first kappa shape index (κ1) is 16.7. The zero-order valence-electron chi connectivity index (χ0n) is 14.6. The number of carbonyl (C=O) groups excluding carboxylic acids is 1. The largest absolute Gasteiger partial charge is 0.311 e. The Balaban J connectivity index is 1.64. The highest BCUT2D eigenvalue weighted by Gasteiger charge is 2.17. The second kappa shape index (κ2) is 7.63. The quantitative estimate of drug-likeness (QED) is 0.842. The van der Waals surface area contributed by atoms with E-state index in [-0.39, 0.29) is 5.91 Å². The van der Waals surface area contributed by atoms with Crippen molar-refractivity contribution in [2.45, 2.75) is 26.3 Å². The molecule has 0 radical (unpaired) electrons. The third kappa shape index (κ3) is 4.04. The minimum Gasteiger partial charge on any atom is -0.311 e. The van der Waals surface area contributed by atoms with Crippen LogP contribution in [-0.4, -0.2) is 30.9 Å². The van der Waals surface area contributed by atoms with Gasteiger partial charge in [-0.3, -0.25) is 9.69 Å². The summed E-state index contributed by atoms with van der Waals surface area (Å²) in [7, 11) is 1.82. The van der Waals surface area contributed by atoms with E-state index in [0.29, 0.717) is 0 Å². The van der Waals surface area contributed by atoms with Crippen LogP contribution < -0.4 is 4.90 Å². The number of hydrogen-bond donors (Lipinski definition) is 0. The van der Waals surface area contributed by atoms with Gasteiger partial charge in [0, 0.05) is 31.4 Å². The standard InChI is InChI=1S/C21H26N2O/c1-17-7-6-14-23(15-17)16-18-10-12-19(13-11-18)21(24)22(2)20-8-4-3-5-9-20/h3-5,8-13,17H,6-7,14-16H2,1-2H3/t17-/m0/s1. The van der Waals surface area contributed by atoms with Crippen molar-refractivity contribution in [3.05, 3.63) is 65.7 Å². The van der Waals surface area contributed by atoms with Crippen molar-refractivity contribution in [3.8, 4) is 0 Å². The van der Waals surface area contributed by atoms with Crippen molar-refractivity contribution in [1.82, 2.24) is 4.90 Å². The van der Waals surface area contributed by atoms with Gasteiger partial charge in [0.1, 0.15) is 0 Å². The van der Waals surface area contributed by atoms with E-state index in [1.165, 1.54) is 31.5 Å². The molecule has 2 aromatic rings. The first-order valence-corrected chi connectivity index (χ1v) is 8.78. The Hall–Kier alpha value is -2.13. The molecule has 1 amide bonds. The lowest BCUT2D eigenvalue weighted by Gasteiger charge is -2.30. The van der Waals surface area contributed by atoms with Crippen molar-refractivity contribution in [2.24, 2.45) is 5.92 Å². The number of nitrogens with zero attached hydrogens (tertiary/aromatic N) is 2. The molecule has 1 fully saturated rings. The Morgan fingerprint density at radius 2 is 1.83 bits per heavy atom. The zero-order chi connectivity index (χ0) is 16.9. The van der Waals surface area contributed by atoms with Crippen LogP contribution in [0.15, 0.2) is 54.6 Å². The van der Waals surface area contributed by atoms with Crippen LogP contribution in [-0.2, 0) is 6.54 Å². The van der Waals surface area contributed by atoms with Crippen molar-refractivity contribution < 1.29 is 4.79 Å². The number of hydrogen-bond acceptors (Lipinski definition) is 2. The van der Waals surface area contributed by atoms with Gasteiger partial charge in [-0.25, -0.2) is 0 Å². The van der Waals surface area contributed by atoms with Crippen molar-refractivity contribution >= 4 is 11.6 Å². The van der Waals surface area contributed by atoms with E-state index in [1.54, 1.807) is 4.90 Å². The molecule has 3 nitrogen and oxygen atoms in total. The Kier molecular flexibility index (Phi) is 5.31.